The number of aromatic nitrogens is 2. The van der Waals surface area contributed by atoms with Crippen molar-refractivity contribution in [2.45, 2.75) is 38.6 Å². The maximum Gasteiger partial charge on any atom is 0.229 e. The molecule has 4 heterocycles. The lowest BCUT2D eigenvalue weighted by atomic mass is 10.0. The van der Waals surface area contributed by atoms with Gasteiger partial charge in [-0.05, 0) is 67.3 Å². The molecule has 3 aliphatic rings. The van der Waals surface area contributed by atoms with Gasteiger partial charge in [-0.1, -0.05) is 49.2 Å². The molecule has 2 N–H and O–H groups in total. The van der Waals surface area contributed by atoms with Gasteiger partial charge in [0.1, 0.15) is 5.02 Å². The summed E-state index contributed by atoms with van der Waals surface area (Å²) < 4.78 is 2.31. The van der Waals surface area contributed by atoms with Crippen molar-refractivity contribution in [3.8, 4) is 0 Å². The molecule has 0 atom stereocenters. The third-order valence-corrected chi connectivity index (χ3v) is 9.92. The third kappa shape index (κ3) is 6.14. The number of nitrogens with zero attached hydrogens (tertiary/aromatic N) is 6. The van der Waals surface area contributed by atoms with Gasteiger partial charge in [0, 0.05) is 69.5 Å². The fourth-order valence-electron chi connectivity index (χ4n) is 6.43. The van der Waals surface area contributed by atoms with Crippen LogP contribution in [0.25, 0.3) is 0 Å². The van der Waals surface area contributed by atoms with Crippen LogP contribution in [0.1, 0.15) is 30.9 Å². The molecule has 0 unspecified atom stereocenters. The van der Waals surface area contributed by atoms with Crippen LogP contribution in [0.2, 0.25) is 5.02 Å². The Hall–Kier alpha value is -3.14. The minimum absolute atomic E-state index is 0.490. The molecule has 0 amide bonds. The number of anilines is 6. The number of rotatable bonds is 9. The van der Waals surface area contributed by atoms with Gasteiger partial charge in [0.25, 0.3) is 0 Å². The molecule has 2 saturated heterocycles. The number of fused-ring (bicyclic) bond motifs is 1. The van der Waals surface area contributed by atoms with Crippen molar-refractivity contribution in [3.63, 3.8) is 0 Å². The van der Waals surface area contributed by atoms with Gasteiger partial charge in [-0.25, -0.2) is 4.98 Å². The first-order chi connectivity index (χ1) is 20.6. The Kier molecular flexibility index (Phi) is 8.97. The highest BCUT2D eigenvalue weighted by molar-refractivity contribution is 8.00. The van der Waals surface area contributed by atoms with Crippen molar-refractivity contribution in [1.29, 1.82) is 0 Å². The van der Waals surface area contributed by atoms with E-state index in [1.54, 1.807) is 18.1 Å². The molecule has 6 rings (SSSR count). The number of hydrogen-bond donors (Lipinski definition) is 2. The van der Waals surface area contributed by atoms with Gasteiger partial charge in [0.05, 0.1) is 17.6 Å². The SMILES string of the molecule is C=CN1CCN(C2CCN(c3ccc(Nc4ncc(Cl)c(Nc5cccc6c5N(SC)CC6)n4)c(CC)c3)CC2)CC1. The molecule has 0 radical (unpaired) electrons. The number of benzene rings is 2. The lowest BCUT2D eigenvalue weighted by Crippen LogP contribution is -2.52. The Balaban J connectivity index is 1.12. The fourth-order valence-corrected chi connectivity index (χ4v) is 7.24. The maximum atomic E-state index is 6.56. The number of hydrogen-bond acceptors (Lipinski definition) is 9. The van der Waals surface area contributed by atoms with Crippen LogP contribution >= 0.6 is 23.5 Å². The van der Waals surface area contributed by atoms with E-state index in [0.717, 1.165) is 70.0 Å². The molecular weight excluding hydrogens is 564 g/mol. The van der Waals surface area contributed by atoms with Crippen LogP contribution in [0.5, 0.6) is 0 Å². The molecule has 1 aromatic heterocycles. The molecule has 3 aromatic rings. The quantitative estimate of drug-likeness (QED) is 0.265. The second-order valence-corrected chi connectivity index (χ2v) is 12.4. The van der Waals surface area contributed by atoms with Crippen LogP contribution in [0, 0.1) is 0 Å². The summed E-state index contributed by atoms with van der Waals surface area (Å²) in [5.74, 6) is 1.12. The van der Waals surface area contributed by atoms with Crippen molar-refractivity contribution in [1.82, 2.24) is 19.8 Å². The summed E-state index contributed by atoms with van der Waals surface area (Å²) in [6, 6.07) is 13.8. The van der Waals surface area contributed by atoms with Gasteiger partial charge in [0.2, 0.25) is 5.95 Å². The smallest absolute Gasteiger partial charge is 0.229 e. The van der Waals surface area contributed by atoms with Gasteiger partial charge in [-0.3, -0.25) is 4.90 Å². The number of para-hydroxylation sites is 1. The molecule has 8 nitrogen and oxygen atoms in total. The Bertz CT molecular complexity index is 1400. The Morgan fingerprint density at radius 3 is 2.57 bits per heavy atom. The lowest BCUT2D eigenvalue weighted by molar-refractivity contribution is 0.107. The average molecular weight is 605 g/mol. The van der Waals surface area contributed by atoms with Crippen LogP contribution in [0.4, 0.5) is 34.5 Å². The number of aryl methyl sites for hydroxylation is 1. The van der Waals surface area contributed by atoms with Crippen molar-refractivity contribution < 1.29 is 0 Å². The van der Waals surface area contributed by atoms with Crippen LogP contribution in [-0.2, 0) is 12.8 Å². The Morgan fingerprint density at radius 2 is 1.83 bits per heavy atom. The zero-order chi connectivity index (χ0) is 29.1. The van der Waals surface area contributed by atoms with Crippen LogP contribution in [-0.4, -0.2) is 77.9 Å². The number of piperidine rings is 1. The summed E-state index contributed by atoms with van der Waals surface area (Å²) in [6.45, 7) is 13.8. The maximum absolute atomic E-state index is 6.56. The first-order valence-electron chi connectivity index (χ1n) is 15.0. The van der Waals surface area contributed by atoms with E-state index in [1.807, 2.05) is 6.20 Å². The summed E-state index contributed by atoms with van der Waals surface area (Å²) in [6.07, 6.45) is 10.1. The van der Waals surface area contributed by atoms with Crippen LogP contribution < -0.4 is 19.8 Å². The molecular formula is C32H41ClN8S. The highest BCUT2D eigenvalue weighted by Crippen LogP contribution is 2.40. The first-order valence-corrected chi connectivity index (χ1v) is 16.6. The zero-order valence-corrected chi connectivity index (χ0v) is 26.2. The molecule has 42 heavy (non-hydrogen) atoms. The standard InChI is InChI=1S/C32H41ClN8S/c1-4-23-21-26(39-14-12-25(13-15-39)40-19-17-38(5-2)18-20-40)9-10-28(23)36-32-34-22-27(33)31(37-32)35-29-8-6-7-24-11-16-41(42-3)30(24)29/h5-10,21-22,25H,2,4,11-20H2,1,3H3,(H2,34,35,36,37). The van der Waals surface area contributed by atoms with E-state index in [-0.39, 0.29) is 0 Å². The molecule has 3 aliphatic heterocycles. The number of halogens is 1. The Labute approximate surface area is 259 Å². The molecule has 0 bridgehead atoms. The highest BCUT2D eigenvalue weighted by Gasteiger charge is 2.27. The van der Waals surface area contributed by atoms with E-state index < -0.39 is 0 Å². The van der Waals surface area contributed by atoms with Gasteiger partial charge in [-0.2, -0.15) is 4.98 Å². The second kappa shape index (κ2) is 13.0. The predicted octanol–water partition coefficient (Wildman–Crippen LogP) is 6.55. The Morgan fingerprint density at radius 1 is 1.02 bits per heavy atom. The van der Waals surface area contributed by atoms with Gasteiger partial charge >= 0.3 is 0 Å². The summed E-state index contributed by atoms with van der Waals surface area (Å²) in [7, 11) is 0. The van der Waals surface area contributed by atoms with Gasteiger partial charge < -0.3 is 24.7 Å². The minimum atomic E-state index is 0.490. The molecule has 0 aliphatic carbocycles. The van der Waals surface area contributed by atoms with E-state index >= 15 is 0 Å². The van der Waals surface area contributed by atoms with E-state index in [4.69, 9.17) is 16.6 Å². The minimum Gasteiger partial charge on any atom is -0.375 e. The normalized spacial score (nSPS) is 17.8. The molecule has 10 heteroatoms. The molecule has 222 valence electrons. The molecule has 2 fully saturated rings. The average Bonchev–Trinajstić information content (AvgIpc) is 3.47. The summed E-state index contributed by atoms with van der Waals surface area (Å²) >= 11 is 8.30. The van der Waals surface area contributed by atoms with E-state index in [9.17, 15) is 0 Å². The first kappa shape index (κ1) is 29.0. The fraction of sp³-hybridized carbons (Fsp3) is 0.438. The predicted molar refractivity (Wildman–Crippen MR) is 179 cm³/mol. The molecule has 0 spiro atoms. The topological polar surface area (TPSA) is 62.8 Å². The van der Waals surface area contributed by atoms with Crippen LogP contribution in [0.3, 0.4) is 0 Å². The molecule has 2 aromatic carbocycles. The van der Waals surface area contributed by atoms with Crippen molar-refractivity contribution >= 4 is 58.1 Å². The van der Waals surface area contributed by atoms with Gasteiger partial charge in [-0.15, -0.1) is 0 Å². The second-order valence-electron chi connectivity index (χ2n) is 11.2. The van der Waals surface area contributed by atoms with E-state index in [2.05, 4.69) is 90.8 Å². The largest absolute Gasteiger partial charge is 0.375 e. The molecule has 0 saturated carbocycles. The number of nitrogens with one attached hydrogen (secondary N) is 2. The van der Waals surface area contributed by atoms with E-state index in [1.165, 1.54) is 35.3 Å². The van der Waals surface area contributed by atoms with E-state index in [0.29, 0.717) is 22.8 Å². The third-order valence-electron chi connectivity index (χ3n) is 8.84. The van der Waals surface area contributed by atoms with Crippen molar-refractivity contribution in [2.24, 2.45) is 0 Å². The number of piperazine rings is 1. The van der Waals surface area contributed by atoms with Crippen LogP contribution in [0.15, 0.2) is 55.4 Å². The summed E-state index contributed by atoms with van der Waals surface area (Å²) in [5, 5.41) is 7.44. The lowest BCUT2D eigenvalue weighted by Gasteiger charge is -2.43. The monoisotopic (exact) mass is 604 g/mol. The zero-order valence-electron chi connectivity index (χ0n) is 24.7. The van der Waals surface area contributed by atoms with Gasteiger partial charge in [0.15, 0.2) is 5.82 Å². The van der Waals surface area contributed by atoms with Crippen molar-refractivity contribution in [2.75, 3.05) is 71.9 Å². The summed E-state index contributed by atoms with van der Waals surface area (Å²) in [4.78, 5) is 16.8. The summed E-state index contributed by atoms with van der Waals surface area (Å²) in [5.41, 5.74) is 7.12. The highest BCUT2D eigenvalue weighted by atomic mass is 35.5. The van der Waals surface area contributed by atoms with Crippen molar-refractivity contribution in [3.05, 3.63) is 71.5 Å².